The van der Waals surface area contributed by atoms with Crippen LogP contribution < -0.4 is 15.4 Å². The number of thiophene rings is 1. The SMILES string of the molecule is CCOc1cc(-c2ccccc2)sc1C(=O)Nc1ccc(NC(C)=O)cc1. The normalized spacial score (nSPS) is 10.3. The Bertz CT molecular complexity index is 934. The van der Waals surface area contributed by atoms with Gasteiger partial charge in [0.1, 0.15) is 10.6 Å². The summed E-state index contributed by atoms with van der Waals surface area (Å²) >= 11 is 1.40. The maximum Gasteiger partial charge on any atom is 0.269 e. The number of amides is 2. The van der Waals surface area contributed by atoms with Gasteiger partial charge in [-0.2, -0.15) is 0 Å². The van der Waals surface area contributed by atoms with E-state index in [9.17, 15) is 9.59 Å². The molecule has 2 aromatic carbocycles. The van der Waals surface area contributed by atoms with Gasteiger partial charge in [0.05, 0.1) is 6.61 Å². The highest BCUT2D eigenvalue weighted by atomic mass is 32.1. The second-order valence-electron chi connectivity index (χ2n) is 5.82. The molecule has 0 radical (unpaired) electrons. The Kier molecular flexibility index (Phi) is 5.88. The largest absolute Gasteiger partial charge is 0.492 e. The minimum Gasteiger partial charge on any atom is -0.492 e. The molecule has 0 saturated carbocycles. The smallest absolute Gasteiger partial charge is 0.269 e. The maximum absolute atomic E-state index is 12.8. The van der Waals surface area contributed by atoms with E-state index in [1.807, 2.05) is 43.3 Å². The quantitative estimate of drug-likeness (QED) is 0.631. The van der Waals surface area contributed by atoms with Crippen molar-refractivity contribution in [1.29, 1.82) is 0 Å². The van der Waals surface area contributed by atoms with Crippen LogP contribution in [0, 0.1) is 0 Å². The van der Waals surface area contributed by atoms with Gasteiger partial charge in [0.25, 0.3) is 5.91 Å². The minimum atomic E-state index is -0.224. The van der Waals surface area contributed by atoms with Crippen molar-refractivity contribution in [1.82, 2.24) is 0 Å². The van der Waals surface area contributed by atoms with E-state index in [-0.39, 0.29) is 11.8 Å². The molecule has 0 unspecified atom stereocenters. The van der Waals surface area contributed by atoms with Crippen LogP contribution in [-0.2, 0) is 4.79 Å². The second kappa shape index (κ2) is 8.51. The molecule has 2 N–H and O–H groups in total. The van der Waals surface area contributed by atoms with Crippen LogP contribution in [0.2, 0.25) is 0 Å². The summed E-state index contributed by atoms with van der Waals surface area (Å²) in [5.74, 6) is 0.215. The third-order valence-electron chi connectivity index (χ3n) is 3.73. The Balaban J connectivity index is 1.81. The van der Waals surface area contributed by atoms with Crippen molar-refractivity contribution in [2.75, 3.05) is 17.2 Å². The first kappa shape index (κ1) is 18.7. The summed E-state index contributed by atoms with van der Waals surface area (Å²) in [6, 6.07) is 18.8. The summed E-state index contributed by atoms with van der Waals surface area (Å²) < 4.78 is 5.66. The molecule has 0 fully saturated rings. The molecule has 1 heterocycles. The number of hydrogen-bond acceptors (Lipinski definition) is 4. The van der Waals surface area contributed by atoms with Crippen LogP contribution in [0.25, 0.3) is 10.4 Å². The predicted octanol–water partition coefficient (Wildman–Crippen LogP) is 5.02. The number of carbonyl (C=O) groups is 2. The van der Waals surface area contributed by atoms with Crippen LogP contribution >= 0.6 is 11.3 Å². The summed E-state index contributed by atoms with van der Waals surface area (Å²) in [7, 11) is 0. The molecule has 6 heteroatoms. The van der Waals surface area contributed by atoms with E-state index in [0.717, 1.165) is 10.4 Å². The van der Waals surface area contributed by atoms with Gasteiger partial charge >= 0.3 is 0 Å². The van der Waals surface area contributed by atoms with Gasteiger partial charge in [-0.05, 0) is 42.8 Å². The maximum atomic E-state index is 12.8. The molecule has 0 aliphatic carbocycles. The molecular formula is C21H20N2O3S. The molecule has 27 heavy (non-hydrogen) atoms. The monoisotopic (exact) mass is 380 g/mol. The number of carbonyl (C=O) groups excluding carboxylic acids is 2. The summed E-state index contributed by atoms with van der Waals surface area (Å²) in [5, 5.41) is 5.58. The van der Waals surface area contributed by atoms with Crippen molar-refractivity contribution in [3.63, 3.8) is 0 Å². The number of anilines is 2. The lowest BCUT2D eigenvalue weighted by Gasteiger charge is -2.07. The standard InChI is InChI=1S/C21H20N2O3S/c1-3-26-18-13-19(15-7-5-4-6-8-15)27-20(18)21(25)23-17-11-9-16(10-12-17)22-14(2)24/h4-13H,3H2,1-2H3,(H,22,24)(H,23,25). The zero-order valence-electron chi connectivity index (χ0n) is 15.1. The molecule has 138 valence electrons. The Labute approximate surface area is 162 Å². The topological polar surface area (TPSA) is 67.4 Å². The van der Waals surface area contributed by atoms with E-state index in [1.54, 1.807) is 24.3 Å². The Morgan fingerprint density at radius 2 is 1.59 bits per heavy atom. The number of rotatable bonds is 6. The van der Waals surface area contributed by atoms with Gasteiger partial charge in [0.15, 0.2) is 0 Å². The van der Waals surface area contributed by atoms with E-state index in [2.05, 4.69) is 10.6 Å². The van der Waals surface area contributed by atoms with Gasteiger partial charge in [-0.15, -0.1) is 11.3 Å². The number of hydrogen-bond donors (Lipinski definition) is 2. The third-order valence-corrected chi connectivity index (χ3v) is 4.89. The van der Waals surface area contributed by atoms with Gasteiger partial charge in [-0.1, -0.05) is 30.3 Å². The van der Waals surface area contributed by atoms with Crippen molar-refractivity contribution < 1.29 is 14.3 Å². The average molecular weight is 380 g/mol. The molecule has 0 atom stereocenters. The van der Waals surface area contributed by atoms with Crippen LogP contribution in [0.5, 0.6) is 5.75 Å². The van der Waals surface area contributed by atoms with E-state index >= 15 is 0 Å². The van der Waals surface area contributed by atoms with E-state index in [4.69, 9.17) is 4.74 Å². The highest BCUT2D eigenvalue weighted by Gasteiger charge is 2.18. The minimum absolute atomic E-state index is 0.139. The molecule has 5 nitrogen and oxygen atoms in total. The molecule has 1 aromatic heterocycles. The van der Waals surface area contributed by atoms with Gasteiger partial charge in [-0.25, -0.2) is 0 Å². The molecule has 0 bridgehead atoms. The van der Waals surface area contributed by atoms with E-state index in [1.165, 1.54) is 18.3 Å². The average Bonchev–Trinajstić information content (AvgIpc) is 3.08. The first-order valence-corrected chi connectivity index (χ1v) is 9.39. The molecule has 0 saturated heterocycles. The zero-order valence-corrected chi connectivity index (χ0v) is 15.9. The lowest BCUT2D eigenvalue weighted by molar-refractivity contribution is -0.114. The molecule has 2 amide bonds. The molecule has 0 aliphatic rings. The van der Waals surface area contributed by atoms with Crippen molar-refractivity contribution in [3.05, 3.63) is 65.5 Å². The summed E-state index contributed by atoms with van der Waals surface area (Å²) in [5.41, 5.74) is 2.37. The summed E-state index contributed by atoms with van der Waals surface area (Å²) in [6.07, 6.45) is 0. The molecule has 3 aromatic rings. The van der Waals surface area contributed by atoms with Crippen LogP contribution in [0.4, 0.5) is 11.4 Å². The van der Waals surface area contributed by atoms with Gasteiger partial charge in [0.2, 0.25) is 5.91 Å². The summed E-state index contributed by atoms with van der Waals surface area (Å²) in [4.78, 5) is 25.4. The third kappa shape index (κ3) is 4.74. The highest BCUT2D eigenvalue weighted by Crippen LogP contribution is 2.36. The molecule has 0 spiro atoms. The first-order valence-electron chi connectivity index (χ1n) is 8.58. The van der Waals surface area contributed by atoms with Gasteiger partial charge < -0.3 is 15.4 Å². The molecular weight excluding hydrogens is 360 g/mol. The lowest BCUT2D eigenvalue weighted by atomic mass is 10.2. The van der Waals surface area contributed by atoms with Crippen LogP contribution in [-0.4, -0.2) is 18.4 Å². The Morgan fingerprint density at radius 1 is 0.963 bits per heavy atom. The van der Waals surface area contributed by atoms with Crippen molar-refractivity contribution >= 4 is 34.5 Å². The Hall–Kier alpha value is -3.12. The fraction of sp³-hybridized carbons (Fsp3) is 0.143. The van der Waals surface area contributed by atoms with Gasteiger partial charge in [0, 0.05) is 23.2 Å². The summed E-state index contributed by atoms with van der Waals surface area (Å²) in [6.45, 7) is 3.82. The lowest BCUT2D eigenvalue weighted by Crippen LogP contribution is -2.12. The zero-order chi connectivity index (χ0) is 19.2. The number of nitrogens with one attached hydrogen (secondary N) is 2. The van der Waals surface area contributed by atoms with Crippen molar-refractivity contribution in [2.45, 2.75) is 13.8 Å². The second-order valence-corrected chi connectivity index (χ2v) is 6.87. The van der Waals surface area contributed by atoms with Crippen LogP contribution in [0.1, 0.15) is 23.5 Å². The Morgan fingerprint density at radius 3 is 2.19 bits per heavy atom. The number of benzene rings is 2. The first-order chi connectivity index (χ1) is 13.1. The number of ether oxygens (including phenoxy) is 1. The highest BCUT2D eigenvalue weighted by molar-refractivity contribution is 7.17. The fourth-order valence-electron chi connectivity index (χ4n) is 2.57. The fourth-order valence-corrected chi connectivity index (χ4v) is 3.57. The predicted molar refractivity (Wildman–Crippen MR) is 110 cm³/mol. The van der Waals surface area contributed by atoms with Gasteiger partial charge in [-0.3, -0.25) is 9.59 Å². The van der Waals surface area contributed by atoms with Crippen LogP contribution in [0.3, 0.4) is 0 Å². The molecule has 0 aliphatic heterocycles. The van der Waals surface area contributed by atoms with E-state index in [0.29, 0.717) is 28.6 Å². The molecule has 3 rings (SSSR count). The van der Waals surface area contributed by atoms with E-state index < -0.39 is 0 Å². The van der Waals surface area contributed by atoms with Crippen molar-refractivity contribution in [2.24, 2.45) is 0 Å². The van der Waals surface area contributed by atoms with Crippen molar-refractivity contribution in [3.8, 4) is 16.2 Å². The van der Waals surface area contributed by atoms with Crippen LogP contribution in [0.15, 0.2) is 60.7 Å².